The highest BCUT2D eigenvalue weighted by molar-refractivity contribution is 9.10. The van der Waals surface area contributed by atoms with Crippen LogP contribution in [0, 0.1) is 10.1 Å². The van der Waals surface area contributed by atoms with Crippen molar-refractivity contribution in [2.45, 2.75) is 12.8 Å². The van der Waals surface area contributed by atoms with Crippen molar-refractivity contribution in [3.63, 3.8) is 0 Å². The summed E-state index contributed by atoms with van der Waals surface area (Å²) in [6, 6.07) is 23.1. The summed E-state index contributed by atoms with van der Waals surface area (Å²) in [6.07, 6.45) is 1.82. The molecule has 0 spiro atoms. The zero-order chi connectivity index (χ0) is 20.0. The van der Waals surface area contributed by atoms with E-state index in [0.717, 1.165) is 56.7 Å². The number of non-ortho nitro benzene ring substituents is 1. The molecule has 0 fully saturated rings. The van der Waals surface area contributed by atoms with Crippen molar-refractivity contribution in [1.82, 2.24) is 0 Å². The Morgan fingerprint density at radius 2 is 1.52 bits per heavy atom. The Kier molecular flexibility index (Phi) is 4.32. The monoisotopic (exact) mass is 445 g/mol. The number of nitro groups is 1. The molecular formula is C24H16BrNO3. The maximum Gasteiger partial charge on any atom is 0.269 e. The molecule has 0 bridgehead atoms. The van der Waals surface area contributed by atoms with Crippen molar-refractivity contribution >= 4 is 21.6 Å². The Morgan fingerprint density at radius 3 is 2.24 bits per heavy atom. The zero-order valence-electron chi connectivity index (χ0n) is 15.4. The first-order valence-electron chi connectivity index (χ1n) is 9.36. The zero-order valence-corrected chi connectivity index (χ0v) is 17.0. The second kappa shape index (κ2) is 7.01. The third-order valence-corrected chi connectivity index (χ3v) is 5.92. The predicted octanol–water partition coefficient (Wildman–Crippen LogP) is 7.05. The normalized spacial score (nSPS) is 12.3. The van der Waals surface area contributed by atoms with Crippen molar-refractivity contribution in [1.29, 1.82) is 0 Å². The fourth-order valence-electron chi connectivity index (χ4n) is 4.00. The van der Waals surface area contributed by atoms with Crippen molar-refractivity contribution in [2.24, 2.45) is 0 Å². The number of furan rings is 1. The largest absolute Gasteiger partial charge is 0.455 e. The molecule has 3 aromatic carbocycles. The molecule has 142 valence electrons. The van der Waals surface area contributed by atoms with Gasteiger partial charge in [-0.3, -0.25) is 10.1 Å². The van der Waals surface area contributed by atoms with Crippen LogP contribution in [0.4, 0.5) is 5.69 Å². The first kappa shape index (κ1) is 17.9. The molecule has 0 amide bonds. The van der Waals surface area contributed by atoms with E-state index in [9.17, 15) is 10.1 Å². The van der Waals surface area contributed by atoms with Gasteiger partial charge in [0.15, 0.2) is 0 Å². The first-order valence-corrected chi connectivity index (χ1v) is 10.2. The van der Waals surface area contributed by atoms with Crippen LogP contribution in [0.5, 0.6) is 0 Å². The van der Waals surface area contributed by atoms with Gasteiger partial charge in [-0.05, 0) is 48.2 Å². The van der Waals surface area contributed by atoms with E-state index in [1.807, 2.05) is 42.5 Å². The van der Waals surface area contributed by atoms with Crippen molar-refractivity contribution < 1.29 is 9.34 Å². The Labute approximate surface area is 176 Å². The summed E-state index contributed by atoms with van der Waals surface area (Å²) < 4.78 is 7.47. The minimum absolute atomic E-state index is 0.0849. The number of halogens is 1. The number of nitrogens with zero attached hydrogens (tertiary/aromatic N) is 1. The molecule has 0 unspecified atom stereocenters. The van der Waals surface area contributed by atoms with Crippen LogP contribution in [0.1, 0.15) is 11.1 Å². The van der Waals surface area contributed by atoms with Crippen LogP contribution in [0.2, 0.25) is 0 Å². The molecule has 0 atom stereocenters. The van der Waals surface area contributed by atoms with Crippen molar-refractivity contribution in [3.8, 4) is 33.8 Å². The topological polar surface area (TPSA) is 56.3 Å². The summed E-state index contributed by atoms with van der Waals surface area (Å²) >= 11 is 3.49. The molecule has 1 aliphatic carbocycles. The molecular weight excluding hydrogens is 430 g/mol. The van der Waals surface area contributed by atoms with Crippen molar-refractivity contribution in [2.75, 3.05) is 0 Å². The number of hydrogen-bond donors (Lipinski definition) is 0. The number of rotatable bonds is 3. The minimum atomic E-state index is -0.375. The van der Waals surface area contributed by atoms with Crippen LogP contribution < -0.4 is 0 Å². The van der Waals surface area contributed by atoms with Gasteiger partial charge in [0.1, 0.15) is 11.5 Å². The van der Waals surface area contributed by atoms with Gasteiger partial charge in [-0.25, -0.2) is 0 Å². The Hall–Kier alpha value is -3.18. The van der Waals surface area contributed by atoms with Crippen LogP contribution in [0.3, 0.4) is 0 Å². The smallest absolute Gasteiger partial charge is 0.269 e. The predicted molar refractivity (Wildman–Crippen MR) is 117 cm³/mol. The molecule has 1 aliphatic rings. The van der Waals surface area contributed by atoms with E-state index < -0.39 is 0 Å². The van der Waals surface area contributed by atoms with Gasteiger partial charge in [0, 0.05) is 38.9 Å². The highest BCUT2D eigenvalue weighted by Gasteiger charge is 2.27. The third kappa shape index (κ3) is 3.08. The number of hydrogen-bond acceptors (Lipinski definition) is 3. The first-order chi connectivity index (χ1) is 14.1. The minimum Gasteiger partial charge on any atom is -0.455 e. The SMILES string of the molecule is O=[N+]([O-])c1ccc(-c2c(-c3ccc(Br)cc3)oc3c2CCc2ccccc2-3)cc1. The second-order valence-corrected chi connectivity index (χ2v) is 8.00. The van der Waals surface area contributed by atoms with E-state index >= 15 is 0 Å². The van der Waals surface area contributed by atoms with Crippen molar-refractivity contribution in [3.05, 3.63) is 98.5 Å². The van der Waals surface area contributed by atoms with Gasteiger partial charge in [-0.1, -0.05) is 52.3 Å². The molecule has 4 aromatic rings. The Morgan fingerprint density at radius 1 is 0.828 bits per heavy atom. The molecule has 1 heterocycles. The van der Waals surface area contributed by atoms with Gasteiger partial charge < -0.3 is 4.42 Å². The third-order valence-electron chi connectivity index (χ3n) is 5.39. The van der Waals surface area contributed by atoms with Gasteiger partial charge in [0.05, 0.1) is 4.92 Å². The van der Waals surface area contributed by atoms with Gasteiger partial charge in [-0.15, -0.1) is 0 Å². The quantitative estimate of drug-likeness (QED) is 0.250. The van der Waals surface area contributed by atoms with Crippen LogP contribution >= 0.6 is 15.9 Å². The van der Waals surface area contributed by atoms with Crippen LogP contribution in [0.15, 0.2) is 81.7 Å². The maximum atomic E-state index is 11.1. The van der Waals surface area contributed by atoms with E-state index in [2.05, 4.69) is 34.1 Å². The number of aryl methyl sites for hydroxylation is 1. The van der Waals surface area contributed by atoms with Gasteiger partial charge in [0.2, 0.25) is 0 Å². The molecule has 0 saturated heterocycles. The molecule has 4 nitrogen and oxygen atoms in total. The molecule has 5 rings (SSSR count). The lowest BCUT2D eigenvalue weighted by Gasteiger charge is -2.15. The van der Waals surface area contributed by atoms with Gasteiger partial charge >= 0.3 is 0 Å². The molecule has 0 N–H and O–H groups in total. The van der Waals surface area contributed by atoms with Gasteiger partial charge in [0.25, 0.3) is 5.69 Å². The Bertz CT molecular complexity index is 1220. The van der Waals surface area contributed by atoms with E-state index in [-0.39, 0.29) is 10.6 Å². The molecule has 0 radical (unpaired) electrons. The highest BCUT2D eigenvalue weighted by atomic mass is 79.9. The van der Waals surface area contributed by atoms with Crippen LogP contribution in [0.25, 0.3) is 33.8 Å². The lowest BCUT2D eigenvalue weighted by Crippen LogP contribution is -2.02. The summed E-state index contributed by atoms with van der Waals surface area (Å²) in [5.41, 5.74) is 6.59. The fraction of sp³-hybridized carbons (Fsp3) is 0.0833. The fourth-order valence-corrected chi connectivity index (χ4v) is 4.26. The van der Waals surface area contributed by atoms with Crippen LogP contribution in [-0.2, 0) is 12.8 Å². The number of nitro benzene ring substituents is 1. The van der Waals surface area contributed by atoms with Crippen LogP contribution in [-0.4, -0.2) is 4.92 Å². The van der Waals surface area contributed by atoms with E-state index in [0.29, 0.717) is 0 Å². The summed E-state index contributed by atoms with van der Waals surface area (Å²) in [6.45, 7) is 0. The summed E-state index contributed by atoms with van der Waals surface area (Å²) in [5.74, 6) is 1.70. The van der Waals surface area contributed by atoms with Gasteiger partial charge in [-0.2, -0.15) is 0 Å². The molecule has 1 aromatic heterocycles. The lowest BCUT2D eigenvalue weighted by atomic mass is 9.86. The molecule has 29 heavy (non-hydrogen) atoms. The molecule has 0 aliphatic heterocycles. The lowest BCUT2D eigenvalue weighted by molar-refractivity contribution is -0.384. The number of benzene rings is 3. The molecule has 0 saturated carbocycles. The summed E-state index contributed by atoms with van der Waals surface area (Å²) in [4.78, 5) is 10.7. The summed E-state index contributed by atoms with van der Waals surface area (Å²) in [5, 5.41) is 11.1. The standard InChI is InChI=1S/C24H16BrNO3/c25-18-10-5-17(6-11-18)23-22(16-7-12-19(13-8-16)26(27)28)21-14-9-15-3-1-2-4-20(15)24(21)29-23/h1-8,10-13H,9,14H2. The highest BCUT2D eigenvalue weighted by Crippen LogP contribution is 2.47. The number of fused-ring (bicyclic) bond motifs is 3. The van der Waals surface area contributed by atoms with E-state index in [4.69, 9.17) is 4.42 Å². The average molecular weight is 446 g/mol. The second-order valence-electron chi connectivity index (χ2n) is 7.08. The summed E-state index contributed by atoms with van der Waals surface area (Å²) in [7, 11) is 0. The van der Waals surface area contributed by atoms with E-state index in [1.165, 1.54) is 5.56 Å². The maximum absolute atomic E-state index is 11.1. The Balaban J connectivity index is 1.75. The van der Waals surface area contributed by atoms with E-state index in [1.54, 1.807) is 12.1 Å². The molecule has 5 heteroatoms. The average Bonchev–Trinajstić information content (AvgIpc) is 3.14.